The van der Waals surface area contributed by atoms with Crippen LogP contribution in [0.3, 0.4) is 0 Å². The summed E-state index contributed by atoms with van der Waals surface area (Å²) in [6, 6.07) is 4.09. The molecular formula is C18H23ClN6O4. The van der Waals surface area contributed by atoms with Gasteiger partial charge < -0.3 is 19.5 Å². The van der Waals surface area contributed by atoms with Crippen molar-refractivity contribution in [2.75, 3.05) is 26.7 Å². The Bertz CT molecular complexity index is 910. The first-order valence-corrected chi connectivity index (χ1v) is 9.33. The first-order chi connectivity index (χ1) is 13.6. The van der Waals surface area contributed by atoms with Gasteiger partial charge in [-0.1, -0.05) is 0 Å². The number of likely N-dealkylation sites (tertiary alicyclic amines) is 1. The first kappa shape index (κ1) is 21.0. The number of nitrogens with one attached hydrogen (secondary N) is 1. The van der Waals surface area contributed by atoms with Crippen molar-refractivity contribution in [2.45, 2.75) is 31.8 Å². The number of fused-ring (bicyclic) bond motifs is 1. The van der Waals surface area contributed by atoms with Crippen LogP contribution >= 0.6 is 12.4 Å². The molecule has 0 spiro atoms. The number of carbonyl (C=O) groups is 1. The summed E-state index contributed by atoms with van der Waals surface area (Å²) in [5.74, 6) is 2.32. The number of amides is 1. The van der Waals surface area contributed by atoms with Crippen LogP contribution in [0.4, 0.5) is 5.69 Å². The standard InChI is InChI=1S/C18H22N6O4.ClH/c1-28-15-3-2-13(24(26)27)10-14(15)18(25)22-7-4-12(5-8-22)17-21-20-16-11-19-6-9-23(16)17;/h2-3,10,12,19H,4-9,11H2,1H3;1H. The Morgan fingerprint density at radius 1 is 1.28 bits per heavy atom. The number of methoxy groups -OCH3 is 1. The molecule has 2 aromatic rings. The highest BCUT2D eigenvalue weighted by Gasteiger charge is 2.30. The quantitative estimate of drug-likeness (QED) is 0.589. The van der Waals surface area contributed by atoms with Crippen LogP contribution in [0.2, 0.25) is 0 Å². The summed E-state index contributed by atoms with van der Waals surface area (Å²) in [6.07, 6.45) is 1.57. The van der Waals surface area contributed by atoms with Crippen molar-refractivity contribution in [3.05, 3.63) is 45.5 Å². The van der Waals surface area contributed by atoms with Crippen LogP contribution in [-0.2, 0) is 13.1 Å². The molecule has 1 amide bonds. The highest BCUT2D eigenvalue weighted by molar-refractivity contribution is 5.97. The predicted molar refractivity (Wildman–Crippen MR) is 107 cm³/mol. The van der Waals surface area contributed by atoms with E-state index in [1.807, 2.05) is 0 Å². The van der Waals surface area contributed by atoms with Crippen LogP contribution < -0.4 is 10.1 Å². The van der Waals surface area contributed by atoms with Crippen molar-refractivity contribution in [3.8, 4) is 5.75 Å². The number of rotatable bonds is 4. The summed E-state index contributed by atoms with van der Waals surface area (Å²) in [5.41, 5.74) is 0.101. The van der Waals surface area contributed by atoms with Crippen LogP contribution in [0.15, 0.2) is 18.2 Å². The van der Waals surface area contributed by atoms with Gasteiger partial charge in [0, 0.05) is 44.2 Å². The van der Waals surface area contributed by atoms with Crippen LogP contribution in [-0.4, -0.2) is 57.2 Å². The third kappa shape index (κ3) is 4.03. The Labute approximate surface area is 173 Å². The molecule has 1 fully saturated rings. The molecule has 1 aromatic heterocycles. The van der Waals surface area contributed by atoms with Gasteiger partial charge in [-0.15, -0.1) is 22.6 Å². The monoisotopic (exact) mass is 422 g/mol. The molecular weight excluding hydrogens is 400 g/mol. The largest absolute Gasteiger partial charge is 0.496 e. The van der Waals surface area contributed by atoms with E-state index in [1.54, 1.807) is 4.90 Å². The molecule has 1 aromatic carbocycles. The maximum absolute atomic E-state index is 13.0. The van der Waals surface area contributed by atoms with Crippen LogP contribution in [0.5, 0.6) is 5.75 Å². The fourth-order valence-electron chi connectivity index (χ4n) is 3.90. The lowest BCUT2D eigenvalue weighted by Gasteiger charge is -2.32. The number of ether oxygens (including phenoxy) is 1. The molecule has 0 atom stereocenters. The van der Waals surface area contributed by atoms with Crippen molar-refractivity contribution < 1.29 is 14.5 Å². The van der Waals surface area contributed by atoms with Gasteiger partial charge in [-0.2, -0.15) is 0 Å². The number of nitro benzene ring substituents is 1. The zero-order valence-corrected chi connectivity index (χ0v) is 16.9. The second kappa shape index (κ2) is 8.75. The average Bonchev–Trinajstić information content (AvgIpc) is 3.17. The summed E-state index contributed by atoms with van der Waals surface area (Å²) in [4.78, 5) is 25.2. The second-order valence-corrected chi connectivity index (χ2v) is 7.01. The third-order valence-electron chi connectivity index (χ3n) is 5.42. The van der Waals surface area contributed by atoms with Gasteiger partial charge in [0.05, 0.1) is 24.1 Å². The molecule has 0 radical (unpaired) electrons. The number of benzene rings is 1. The molecule has 3 heterocycles. The molecule has 11 heteroatoms. The third-order valence-corrected chi connectivity index (χ3v) is 5.42. The van der Waals surface area contributed by atoms with E-state index in [9.17, 15) is 14.9 Å². The van der Waals surface area contributed by atoms with Gasteiger partial charge in [0.15, 0.2) is 0 Å². The Morgan fingerprint density at radius 3 is 2.72 bits per heavy atom. The fraction of sp³-hybridized carbons (Fsp3) is 0.500. The molecule has 2 aliphatic rings. The number of nitro groups is 1. The van der Waals surface area contributed by atoms with E-state index in [1.165, 1.54) is 25.3 Å². The molecule has 10 nitrogen and oxygen atoms in total. The number of non-ortho nitro benzene ring substituents is 1. The number of halogens is 1. The number of hydrogen-bond donors (Lipinski definition) is 1. The minimum absolute atomic E-state index is 0. The number of aromatic nitrogens is 3. The molecule has 2 aliphatic heterocycles. The predicted octanol–water partition coefficient (Wildman–Crippen LogP) is 1.74. The Hall–Kier alpha value is -2.72. The van der Waals surface area contributed by atoms with E-state index in [4.69, 9.17) is 4.74 Å². The number of carbonyl (C=O) groups excluding carboxylic acids is 1. The summed E-state index contributed by atoms with van der Waals surface area (Å²) < 4.78 is 7.42. The van der Waals surface area contributed by atoms with Gasteiger partial charge in [0.25, 0.3) is 11.6 Å². The normalized spacial score (nSPS) is 16.7. The number of piperidine rings is 1. The zero-order valence-electron chi connectivity index (χ0n) is 16.0. The van der Waals surface area contributed by atoms with E-state index in [0.29, 0.717) is 18.8 Å². The van der Waals surface area contributed by atoms with Gasteiger partial charge >= 0.3 is 0 Å². The highest BCUT2D eigenvalue weighted by Crippen LogP contribution is 2.31. The SMILES string of the molecule is COc1ccc([N+](=O)[O-])cc1C(=O)N1CCC(c2nnc3n2CCNC3)CC1.Cl. The van der Waals surface area contributed by atoms with Gasteiger partial charge in [-0.25, -0.2) is 0 Å². The average molecular weight is 423 g/mol. The Kier molecular flexibility index (Phi) is 6.33. The van der Waals surface area contributed by atoms with E-state index >= 15 is 0 Å². The molecule has 0 aliphatic carbocycles. The maximum atomic E-state index is 13.0. The lowest BCUT2D eigenvalue weighted by atomic mass is 9.95. The fourth-order valence-corrected chi connectivity index (χ4v) is 3.90. The summed E-state index contributed by atoms with van der Waals surface area (Å²) in [5, 5.41) is 23.0. The summed E-state index contributed by atoms with van der Waals surface area (Å²) in [7, 11) is 1.45. The lowest BCUT2D eigenvalue weighted by molar-refractivity contribution is -0.384. The van der Waals surface area contributed by atoms with Gasteiger partial charge in [-0.05, 0) is 18.9 Å². The molecule has 4 rings (SSSR count). The minimum Gasteiger partial charge on any atom is -0.496 e. The van der Waals surface area contributed by atoms with Crippen molar-refractivity contribution in [1.82, 2.24) is 25.0 Å². The number of hydrogen-bond acceptors (Lipinski definition) is 7. The Balaban J connectivity index is 0.00000240. The van der Waals surface area contributed by atoms with Gasteiger partial charge in [0.1, 0.15) is 17.4 Å². The summed E-state index contributed by atoms with van der Waals surface area (Å²) >= 11 is 0. The molecule has 29 heavy (non-hydrogen) atoms. The molecule has 1 N–H and O–H groups in total. The molecule has 0 unspecified atom stereocenters. The van der Waals surface area contributed by atoms with Crippen LogP contribution in [0.1, 0.15) is 40.8 Å². The summed E-state index contributed by atoms with van der Waals surface area (Å²) in [6.45, 7) is 3.63. The highest BCUT2D eigenvalue weighted by atomic mass is 35.5. The van der Waals surface area contributed by atoms with Crippen molar-refractivity contribution in [1.29, 1.82) is 0 Å². The zero-order chi connectivity index (χ0) is 19.7. The molecule has 156 valence electrons. The maximum Gasteiger partial charge on any atom is 0.270 e. The smallest absolute Gasteiger partial charge is 0.270 e. The van der Waals surface area contributed by atoms with E-state index < -0.39 is 4.92 Å². The number of nitrogens with zero attached hydrogens (tertiary/aromatic N) is 5. The molecule has 1 saturated heterocycles. The minimum atomic E-state index is -0.508. The van der Waals surface area contributed by atoms with Crippen molar-refractivity contribution >= 4 is 24.0 Å². The van der Waals surface area contributed by atoms with Gasteiger partial charge in [0.2, 0.25) is 0 Å². The first-order valence-electron chi connectivity index (χ1n) is 9.33. The van der Waals surface area contributed by atoms with Crippen molar-refractivity contribution in [3.63, 3.8) is 0 Å². The van der Waals surface area contributed by atoms with Crippen molar-refractivity contribution in [2.24, 2.45) is 0 Å². The van der Waals surface area contributed by atoms with E-state index in [0.717, 1.165) is 44.1 Å². The van der Waals surface area contributed by atoms with E-state index in [-0.39, 0.29) is 35.5 Å². The van der Waals surface area contributed by atoms with Gasteiger partial charge in [-0.3, -0.25) is 14.9 Å². The lowest BCUT2D eigenvalue weighted by Crippen LogP contribution is -2.39. The molecule has 0 saturated carbocycles. The van der Waals surface area contributed by atoms with Crippen LogP contribution in [0, 0.1) is 10.1 Å². The second-order valence-electron chi connectivity index (χ2n) is 7.01. The molecule has 0 bridgehead atoms. The van der Waals surface area contributed by atoms with Crippen LogP contribution in [0.25, 0.3) is 0 Å². The topological polar surface area (TPSA) is 115 Å². The Morgan fingerprint density at radius 2 is 2.03 bits per heavy atom. The van der Waals surface area contributed by atoms with E-state index in [2.05, 4.69) is 20.1 Å².